The number of carbonyl (C=O) groups excluding carboxylic acids is 2. The zero-order valence-electron chi connectivity index (χ0n) is 7.52. The monoisotopic (exact) mass is 191 g/mol. The van der Waals surface area contributed by atoms with E-state index < -0.39 is 24.1 Å². The molecule has 0 heterocycles. The Bertz CT molecular complexity index is 193. The van der Waals surface area contributed by atoms with Gasteiger partial charge in [0.05, 0.1) is 13.7 Å². The average molecular weight is 191 g/mol. The van der Waals surface area contributed by atoms with Crippen molar-refractivity contribution in [3.05, 3.63) is 0 Å². The van der Waals surface area contributed by atoms with Gasteiger partial charge in [-0.05, 0) is 6.92 Å². The van der Waals surface area contributed by atoms with Crippen molar-refractivity contribution in [2.75, 3.05) is 13.7 Å². The number of aliphatic hydroxyl groups is 1. The molecule has 0 aliphatic rings. The molecule has 76 valence electrons. The summed E-state index contributed by atoms with van der Waals surface area (Å²) >= 11 is 0. The van der Waals surface area contributed by atoms with Crippen LogP contribution in [0.3, 0.4) is 0 Å². The molecule has 0 fully saturated rings. The second-order valence-electron chi connectivity index (χ2n) is 2.25. The number of nitrogens with two attached hydrogens (primary N) is 1. The van der Waals surface area contributed by atoms with Crippen LogP contribution in [0.2, 0.25) is 0 Å². The molecule has 13 heavy (non-hydrogen) atoms. The molecule has 0 bridgehead atoms. The fraction of sp³-hybridized carbons (Fsp3) is 0.714. The summed E-state index contributed by atoms with van der Waals surface area (Å²) in [5.41, 5.74) is 5.20. The Morgan fingerprint density at radius 3 is 2.38 bits per heavy atom. The van der Waals surface area contributed by atoms with Crippen LogP contribution >= 0.6 is 0 Å². The minimum absolute atomic E-state index is 0.139. The van der Waals surface area contributed by atoms with E-state index in [0.29, 0.717) is 0 Å². The third-order valence-electron chi connectivity index (χ3n) is 1.34. The molecule has 0 aliphatic heterocycles. The van der Waals surface area contributed by atoms with Gasteiger partial charge in [-0.15, -0.1) is 0 Å². The Balaban J connectivity index is 4.16. The highest BCUT2D eigenvalue weighted by Gasteiger charge is 2.30. The SMILES string of the molecule is CCOC(=O)C(N)C(O)C(=O)OC. The number of ether oxygens (including phenoxy) is 2. The van der Waals surface area contributed by atoms with Crippen molar-refractivity contribution >= 4 is 11.9 Å². The van der Waals surface area contributed by atoms with Crippen molar-refractivity contribution in [2.24, 2.45) is 5.73 Å². The van der Waals surface area contributed by atoms with E-state index in [2.05, 4.69) is 9.47 Å². The highest BCUT2D eigenvalue weighted by Crippen LogP contribution is 1.96. The number of hydrogen-bond acceptors (Lipinski definition) is 6. The molecule has 3 N–H and O–H groups in total. The van der Waals surface area contributed by atoms with Gasteiger partial charge in [-0.25, -0.2) is 4.79 Å². The van der Waals surface area contributed by atoms with Crippen LogP contribution in [0.5, 0.6) is 0 Å². The van der Waals surface area contributed by atoms with Gasteiger partial charge in [0, 0.05) is 0 Å². The second-order valence-corrected chi connectivity index (χ2v) is 2.25. The lowest BCUT2D eigenvalue weighted by molar-refractivity contribution is -0.159. The molecule has 0 aromatic heterocycles. The highest BCUT2D eigenvalue weighted by molar-refractivity contribution is 5.85. The van der Waals surface area contributed by atoms with E-state index in [1.165, 1.54) is 0 Å². The van der Waals surface area contributed by atoms with E-state index in [-0.39, 0.29) is 6.61 Å². The largest absolute Gasteiger partial charge is 0.467 e. The Labute approximate surface area is 75.6 Å². The van der Waals surface area contributed by atoms with Crippen LogP contribution in [-0.2, 0) is 19.1 Å². The summed E-state index contributed by atoms with van der Waals surface area (Å²) in [4.78, 5) is 21.6. The Morgan fingerprint density at radius 2 is 2.00 bits per heavy atom. The van der Waals surface area contributed by atoms with E-state index in [0.717, 1.165) is 7.11 Å². The maximum absolute atomic E-state index is 10.9. The predicted octanol–water partition coefficient (Wildman–Crippen LogP) is -1.59. The minimum atomic E-state index is -1.68. The maximum Gasteiger partial charge on any atom is 0.336 e. The minimum Gasteiger partial charge on any atom is -0.467 e. The van der Waals surface area contributed by atoms with Gasteiger partial charge >= 0.3 is 11.9 Å². The number of rotatable bonds is 4. The highest BCUT2D eigenvalue weighted by atomic mass is 16.5. The van der Waals surface area contributed by atoms with E-state index in [1.54, 1.807) is 6.92 Å². The van der Waals surface area contributed by atoms with E-state index in [9.17, 15) is 9.59 Å². The summed E-state index contributed by atoms with van der Waals surface area (Å²) in [5.74, 6) is -1.79. The normalized spacial score (nSPS) is 14.5. The second kappa shape index (κ2) is 5.50. The molecule has 2 unspecified atom stereocenters. The van der Waals surface area contributed by atoms with Gasteiger partial charge in [-0.3, -0.25) is 4.79 Å². The zero-order chi connectivity index (χ0) is 10.4. The smallest absolute Gasteiger partial charge is 0.336 e. The first-order chi connectivity index (χ1) is 6.04. The first-order valence-corrected chi connectivity index (χ1v) is 3.72. The molecule has 6 nitrogen and oxygen atoms in total. The van der Waals surface area contributed by atoms with Crippen LogP contribution in [-0.4, -0.2) is 42.9 Å². The molecule has 0 aliphatic carbocycles. The molecule has 2 atom stereocenters. The molecule has 0 amide bonds. The lowest BCUT2D eigenvalue weighted by atomic mass is 10.2. The lowest BCUT2D eigenvalue weighted by Crippen LogP contribution is -2.47. The van der Waals surface area contributed by atoms with Gasteiger partial charge in [0.15, 0.2) is 6.10 Å². The topological polar surface area (TPSA) is 98.9 Å². The van der Waals surface area contributed by atoms with Crippen molar-refractivity contribution in [3.63, 3.8) is 0 Å². The quantitative estimate of drug-likeness (QED) is 0.520. The van der Waals surface area contributed by atoms with Crippen LogP contribution < -0.4 is 5.73 Å². The summed E-state index contributed by atoms with van der Waals surface area (Å²) in [7, 11) is 1.09. The molecule has 0 aromatic carbocycles. The Kier molecular flexibility index (Phi) is 5.01. The number of methoxy groups -OCH3 is 1. The fourth-order valence-electron chi connectivity index (χ4n) is 0.635. The molecule has 0 radical (unpaired) electrons. The molecule has 0 aromatic rings. The number of aliphatic hydroxyl groups excluding tert-OH is 1. The van der Waals surface area contributed by atoms with Crippen molar-refractivity contribution in [1.29, 1.82) is 0 Å². The van der Waals surface area contributed by atoms with Gasteiger partial charge in [-0.1, -0.05) is 0 Å². The molecule has 6 heteroatoms. The van der Waals surface area contributed by atoms with Gasteiger partial charge in [0.1, 0.15) is 6.04 Å². The van der Waals surface area contributed by atoms with Gasteiger partial charge in [0.25, 0.3) is 0 Å². The van der Waals surface area contributed by atoms with E-state index >= 15 is 0 Å². The van der Waals surface area contributed by atoms with Crippen LogP contribution in [0.25, 0.3) is 0 Å². The number of hydrogen-bond donors (Lipinski definition) is 2. The van der Waals surface area contributed by atoms with Gasteiger partial charge < -0.3 is 20.3 Å². The third-order valence-corrected chi connectivity index (χ3v) is 1.34. The maximum atomic E-state index is 10.9. The summed E-state index contributed by atoms with van der Waals surface area (Å²) in [6, 6.07) is -1.40. The predicted molar refractivity (Wildman–Crippen MR) is 42.6 cm³/mol. The van der Waals surface area contributed by atoms with Crippen molar-refractivity contribution < 1.29 is 24.2 Å². The third kappa shape index (κ3) is 3.39. The molecular weight excluding hydrogens is 178 g/mol. The average Bonchev–Trinajstić information content (AvgIpc) is 2.14. The van der Waals surface area contributed by atoms with Crippen molar-refractivity contribution in [3.8, 4) is 0 Å². The summed E-state index contributed by atoms with van der Waals surface area (Å²) in [6.07, 6.45) is -1.68. The van der Waals surface area contributed by atoms with Gasteiger partial charge in [-0.2, -0.15) is 0 Å². The summed E-state index contributed by atoms with van der Waals surface area (Å²) < 4.78 is 8.67. The van der Waals surface area contributed by atoms with Crippen molar-refractivity contribution in [2.45, 2.75) is 19.1 Å². The Morgan fingerprint density at radius 1 is 1.46 bits per heavy atom. The van der Waals surface area contributed by atoms with E-state index in [1.807, 2.05) is 0 Å². The van der Waals surface area contributed by atoms with Crippen LogP contribution in [0.4, 0.5) is 0 Å². The zero-order valence-corrected chi connectivity index (χ0v) is 7.52. The fourth-order valence-corrected chi connectivity index (χ4v) is 0.635. The first kappa shape index (κ1) is 11.9. The van der Waals surface area contributed by atoms with Crippen LogP contribution in [0.1, 0.15) is 6.92 Å². The number of esters is 2. The Hall–Kier alpha value is -1.14. The van der Waals surface area contributed by atoms with Gasteiger partial charge in [0.2, 0.25) is 0 Å². The lowest BCUT2D eigenvalue weighted by Gasteiger charge is -2.14. The summed E-state index contributed by atoms with van der Waals surface area (Å²) in [6.45, 7) is 1.73. The molecule has 0 rings (SSSR count). The first-order valence-electron chi connectivity index (χ1n) is 3.72. The van der Waals surface area contributed by atoms with Crippen molar-refractivity contribution in [1.82, 2.24) is 0 Å². The van der Waals surface area contributed by atoms with Crippen LogP contribution in [0.15, 0.2) is 0 Å². The molecule has 0 spiro atoms. The van der Waals surface area contributed by atoms with Crippen LogP contribution in [0, 0.1) is 0 Å². The summed E-state index contributed by atoms with van der Waals surface area (Å²) in [5, 5.41) is 9.08. The molecular formula is C7H13NO5. The van der Waals surface area contributed by atoms with E-state index in [4.69, 9.17) is 10.8 Å². The standard InChI is InChI=1S/C7H13NO5/c1-3-13-6(10)4(8)5(9)7(11)12-2/h4-5,9H,3,8H2,1-2H3. The number of carbonyl (C=O) groups is 2. The molecule has 0 saturated carbocycles. The molecule has 0 saturated heterocycles.